The first kappa shape index (κ1) is 16.2. The van der Waals surface area contributed by atoms with E-state index in [1.165, 1.54) is 6.21 Å². The Morgan fingerprint density at radius 2 is 1.78 bits per heavy atom. The molecule has 0 spiro atoms. The number of hydrogen-bond donors (Lipinski definition) is 2. The number of nitrogens with zero attached hydrogens (tertiary/aromatic N) is 1. The topological polar surface area (TPSA) is 88.0 Å². The highest BCUT2D eigenvalue weighted by molar-refractivity contribution is 5.94. The van der Waals surface area contributed by atoms with Crippen LogP contribution in [0.4, 0.5) is 0 Å². The zero-order valence-electron chi connectivity index (χ0n) is 12.5. The second kappa shape index (κ2) is 7.74. The third-order valence-electron chi connectivity index (χ3n) is 2.94. The normalized spacial score (nSPS) is 10.5. The number of ether oxygens (including phenoxy) is 1. The number of nitrogens with one attached hydrogen (secondary N) is 1. The number of aliphatic carboxylic acids is 1. The van der Waals surface area contributed by atoms with Crippen molar-refractivity contribution in [1.82, 2.24) is 5.43 Å². The molecule has 1 amide bonds. The zero-order chi connectivity index (χ0) is 16.7. The first-order valence-corrected chi connectivity index (χ1v) is 6.89. The second-order valence-electron chi connectivity index (χ2n) is 4.82. The molecule has 6 heteroatoms. The summed E-state index contributed by atoms with van der Waals surface area (Å²) in [6, 6.07) is 13.8. The van der Waals surface area contributed by atoms with Gasteiger partial charge in [0, 0.05) is 5.56 Å². The summed E-state index contributed by atoms with van der Waals surface area (Å²) in [7, 11) is 0. The number of carbonyl (C=O) groups excluding carboxylic acids is 1. The maximum atomic E-state index is 11.8. The van der Waals surface area contributed by atoms with Crippen molar-refractivity contribution in [3.8, 4) is 5.75 Å². The Hall–Kier alpha value is -3.15. The number of hydrogen-bond acceptors (Lipinski definition) is 4. The summed E-state index contributed by atoms with van der Waals surface area (Å²) >= 11 is 0. The van der Waals surface area contributed by atoms with Crippen LogP contribution < -0.4 is 10.2 Å². The molecule has 2 aromatic carbocycles. The van der Waals surface area contributed by atoms with Crippen LogP contribution in [0.2, 0.25) is 0 Å². The highest BCUT2D eigenvalue weighted by Crippen LogP contribution is 2.10. The van der Waals surface area contributed by atoms with Gasteiger partial charge in [0.05, 0.1) is 6.21 Å². The second-order valence-corrected chi connectivity index (χ2v) is 4.82. The molecule has 0 fully saturated rings. The van der Waals surface area contributed by atoms with Crippen molar-refractivity contribution in [2.45, 2.75) is 6.92 Å². The summed E-state index contributed by atoms with van der Waals surface area (Å²) in [5.41, 5.74) is 4.80. The Bertz CT molecular complexity index is 706. The van der Waals surface area contributed by atoms with Crippen molar-refractivity contribution < 1.29 is 19.4 Å². The molecular formula is C17H16N2O4. The van der Waals surface area contributed by atoms with Gasteiger partial charge in [-0.15, -0.1) is 0 Å². The van der Waals surface area contributed by atoms with Gasteiger partial charge in [-0.2, -0.15) is 5.10 Å². The number of carboxylic acid groups (broad SMARTS) is 1. The maximum absolute atomic E-state index is 11.8. The molecule has 0 radical (unpaired) electrons. The van der Waals surface area contributed by atoms with Crippen LogP contribution in [0.15, 0.2) is 53.6 Å². The van der Waals surface area contributed by atoms with Gasteiger partial charge in [0.2, 0.25) is 0 Å². The van der Waals surface area contributed by atoms with E-state index in [4.69, 9.17) is 9.84 Å². The van der Waals surface area contributed by atoms with Gasteiger partial charge in [-0.05, 0) is 48.9 Å². The van der Waals surface area contributed by atoms with E-state index < -0.39 is 5.97 Å². The standard InChI is InChI=1S/C17H16N2O4/c1-12-2-6-14(7-3-12)17(22)19-18-10-13-4-8-15(9-5-13)23-11-16(20)21/h2-10H,11H2,1H3,(H,19,22)(H,20,21). The molecule has 2 rings (SSSR count). The highest BCUT2D eigenvalue weighted by Gasteiger charge is 2.02. The van der Waals surface area contributed by atoms with Crippen LogP contribution in [0.25, 0.3) is 0 Å². The van der Waals surface area contributed by atoms with E-state index >= 15 is 0 Å². The molecule has 0 saturated heterocycles. The molecule has 0 bridgehead atoms. The van der Waals surface area contributed by atoms with Gasteiger partial charge in [0.15, 0.2) is 6.61 Å². The summed E-state index contributed by atoms with van der Waals surface area (Å²) < 4.78 is 5.02. The first-order chi connectivity index (χ1) is 11.0. The zero-order valence-corrected chi connectivity index (χ0v) is 12.5. The average molecular weight is 312 g/mol. The molecule has 0 heterocycles. The number of hydrazone groups is 1. The van der Waals surface area contributed by atoms with Gasteiger partial charge in [-0.25, -0.2) is 10.2 Å². The van der Waals surface area contributed by atoms with Gasteiger partial charge in [-0.3, -0.25) is 4.79 Å². The van der Waals surface area contributed by atoms with Gasteiger partial charge >= 0.3 is 5.97 Å². The molecule has 2 aromatic rings. The van der Waals surface area contributed by atoms with Crippen molar-refractivity contribution in [3.63, 3.8) is 0 Å². The van der Waals surface area contributed by atoms with E-state index in [1.807, 2.05) is 19.1 Å². The van der Waals surface area contributed by atoms with Crippen LogP contribution in [0.1, 0.15) is 21.5 Å². The van der Waals surface area contributed by atoms with Crippen LogP contribution in [0.3, 0.4) is 0 Å². The van der Waals surface area contributed by atoms with Crippen molar-refractivity contribution in [1.29, 1.82) is 0 Å². The molecule has 0 aromatic heterocycles. The van der Waals surface area contributed by atoms with Gasteiger partial charge < -0.3 is 9.84 Å². The molecular weight excluding hydrogens is 296 g/mol. The summed E-state index contributed by atoms with van der Waals surface area (Å²) in [5.74, 6) is -0.870. The number of rotatable bonds is 6. The fraction of sp³-hybridized carbons (Fsp3) is 0.118. The number of carbonyl (C=O) groups is 2. The quantitative estimate of drug-likeness (QED) is 0.632. The minimum Gasteiger partial charge on any atom is -0.482 e. The molecule has 0 atom stereocenters. The van der Waals surface area contributed by atoms with Crippen molar-refractivity contribution in [2.24, 2.45) is 5.10 Å². The molecule has 0 aliphatic carbocycles. The Labute approximate surface area is 133 Å². The summed E-state index contributed by atoms with van der Waals surface area (Å²) in [6.45, 7) is 1.56. The summed E-state index contributed by atoms with van der Waals surface area (Å²) in [6.07, 6.45) is 1.49. The van der Waals surface area contributed by atoms with E-state index in [1.54, 1.807) is 36.4 Å². The van der Waals surface area contributed by atoms with Gasteiger partial charge in [0.25, 0.3) is 5.91 Å². The lowest BCUT2D eigenvalue weighted by Gasteiger charge is -2.03. The summed E-state index contributed by atoms with van der Waals surface area (Å²) in [5, 5.41) is 12.4. The molecule has 0 aliphatic rings. The molecule has 0 aliphatic heterocycles. The average Bonchev–Trinajstić information content (AvgIpc) is 2.54. The Morgan fingerprint density at radius 1 is 1.13 bits per heavy atom. The third kappa shape index (κ3) is 5.28. The molecule has 6 nitrogen and oxygen atoms in total. The fourth-order valence-corrected chi connectivity index (χ4v) is 1.73. The lowest BCUT2D eigenvalue weighted by atomic mass is 10.1. The largest absolute Gasteiger partial charge is 0.482 e. The fourth-order valence-electron chi connectivity index (χ4n) is 1.73. The predicted octanol–water partition coefficient (Wildman–Crippen LogP) is 2.22. The van der Waals surface area contributed by atoms with Crippen LogP contribution in [0.5, 0.6) is 5.75 Å². The summed E-state index contributed by atoms with van der Waals surface area (Å²) in [4.78, 5) is 22.2. The SMILES string of the molecule is Cc1ccc(C(=O)NN=Cc2ccc(OCC(=O)O)cc2)cc1. The molecule has 2 N–H and O–H groups in total. The van der Waals surface area contributed by atoms with E-state index in [0.29, 0.717) is 11.3 Å². The highest BCUT2D eigenvalue weighted by atomic mass is 16.5. The molecule has 0 unspecified atom stereocenters. The smallest absolute Gasteiger partial charge is 0.341 e. The molecule has 118 valence electrons. The Morgan fingerprint density at radius 3 is 2.39 bits per heavy atom. The monoisotopic (exact) mass is 312 g/mol. The van der Waals surface area contributed by atoms with E-state index in [-0.39, 0.29) is 12.5 Å². The van der Waals surface area contributed by atoms with E-state index in [2.05, 4.69) is 10.5 Å². The first-order valence-electron chi connectivity index (χ1n) is 6.89. The number of benzene rings is 2. The minimum absolute atomic E-state index is 0.289. The van der Waals surface area contributed by atoms with Crippen LogP contribution in [-0.2, 0) is 4.79 Å². The number of aryl methyl sites for hydroxylation is 1. The van der Waals surface area contributed by atoms with Crippen molar-refractivity contribution >= 4 is 18.1 Å². The minimum atomic E-state index is -1.03. The number of carboxylic acids is 1. The number of amides is 1. The van der Waals surface area contributed by atoms with Gasteiger partial charge in [-0.1, -0.05) is 17.7 Å². The third-order valence-corrected chi connectivity index (χ3v) is 2.94. The molecule has 0 saturated carbocycles. The predicted molar refractivity (Wildman–Crippen MR) is 85.8 cm³/mol. The van der Waals surface area contributed by atoms with Crippen LogP contribution in [-0.4, -0.2) is 29.8 Å². The van der Waals surface area contributed by atoms with Crippen LogP contribution in [0, 0.1) is 6.92 Å². The lowest BCUT2D eigenvalue weighted by molar-refractivity contribution is -0.139. The lowest BCUT2D eigenvalue weighted by Crippen LogP contribution is -2.17. The molecule has 23 heavy (non-hydrogen) atoms. The maximum Gasteiger partial charge on any atom is 0.341 e. The Kier molecular flexibility index (Phi) is 5.46. The Balaban J connectivity index is 1.88. The van der Waals surface area contributed by atoms with E-state index in [0.717, 1.165) is 11.1 Å². The van der Waals surface area contributed by atoms with Crippen molar-refractivity contribution in [2.75, 3.05) is 6.61 Å². The van der Waals surface area contributed by atoms with Crippen LogP contribution >= 0.6 is 0 Å². The van der Waals surface area contributed by atoms with Crippen molar-refractivity contribution in [3.05, 3.63) is 65.2 Å². The van der Waals surface area contributed by atoms with Gasteiger partial charge in [0.1, 0.15) is 5.75 Å². The van der Waals surface area contributed by atoms with E-state index in [9.17, 15) is 9.59 Å².